The van der Waals surface area contributed by atoms with E-state index in [4.69, 9.17) is 5.26 Å². The smallest absolute Gasteiger partial charge is 0.246 e. The minimum absolute atomic E-state index is 0.159. The molecule has 0 aliphatic heterocycles. The molecule has 1 N–H and O–H groups in total. The lowest BCUT2D eigenvalue weighted by atomic mass is 10.2. The Morgan fingerprint density at radius 3 is 2.75 bits per heavy atom. The van der Waals surface area contributed by atoms with E-state index in [2.05, 4.69) is 26.3 Å². The molecule has 0 fully saturated rings. The summed E-state index contributed by atoms with van der Waals surface area (Å²) in [6.45, 7) is 3.95. The van der Waals surface area contributed by atoms with Crippen LogP contribution in [-0.2, 0) is 11.3 Å². The number of anilines is 1. The Bertz CT molecular complexity index is 700. The average molecular weight is 333 g/mol. The molecular weight excluding hydrogens is 320 g/mol. The van der Waals surface area contributed by atoms with Crippen LogP contribution in [0.5, 0.6) is 0 Å². The zero-order chi connectivity index (χ0) is 14.7. The minimum Gasteiger partial charge on any atom is -0.323 e. The second kappa shape index (κ2) is 5.88. The van der Waals surface area contributed by atoms with Gasteiger partial charge in [-0.15, -0.1) is 0 Å². The van der Waals surface area contributed by atoms with E-state index in [9.17, 15) is 4.79 Å². The number of nitrogens with one attached hydrogen (secondary N) is 1. The van der Waals surface area contributed by atoms with E-state index in [-0.39, 0.29) is 12.5 Å². The largest absolute Gasteiger partial charge is 0.323 e. The van der Waals surface area contributed by atoms with Crippen LogP contribution in [0.4, 0.5) is 5.69 Å². The number of rotatable bonds is 3. The van der Waals surface area contributed by atoms with Gasteiger partial charge in [0.1, 0.15) is 6.54 Å². The SMILES string of the molecule is Cc1cc(C)n(CC(=O)Nc2ccc(C#N)cc2Br)n1. The van der Waals surface area contributed by atoms with Crippen molar-refractivity contribution in [3.05, 3.63) is 45.7 Å². The topological polar surface area (TPSA) is 70.7 Å². The second-order valence-electron chi connectivity index (χ2n) is 4.44. The Morgan fingerprint density at radius 2 is 2.20 bits per heavy atom. The Morgan fingerprint density at radius 1 is 1.45 bits per heavy atom. The van der Waals surface area contributed by atoms with Crippen LogP contribution in [-0.4, -0.2) is 15.7 Å². The fraction of sp³-hybridized carbons (Fsp3) is 0.214. The molecule has 0 aliphatic carbocycles. The molecule has 20 heavy (non-hydrogen) atoms. The molecule has 5 nitrogen and oxygen atoms in total. The number of hydrogen-bond acceptors (Lipinski definition) is 3. The Kier molecular flexibility index (Phi) is 4.20. The standard InChI is InChI=1S/C14H13BrN4O/c1-9-5-10(2)19(18-9)8-14(20)17-13-4-3-11(7-16)6-12(13)15/h3-6H,8H2,1-2H3,(H,17,20). The minimum atomic E-state index is -0.165. The predicted molar refractivity (Wildman–Crippen MR) is 79.2 cm³/mol. The molecule has 6 heteroatoms. The summed E-state index contributed by atoms with van der Waals surface area (Å²) >= 11 is 3.33. The van der Waals surface area contributed by atoms with Crippen LogP contribution in [0.2, 0.25) is 0 Å². The molecule has 0 unspecified atom stereocenters. The molecule has 2 rings (SSSR count). The van der Waals surface area contributed by atoms with Crippen molar-refractivity contribution in [2.75, 3.05) is 5.32 Å². The molecule has 102 valence electrons. The third kappa shape index (κ3) is 3.25. The lowest BCUT2D eigenvalue weighted by Crippen LogP contribution is -2.20. The van der Waals surface area contributed by atoms with Crippen molar-refractivity contribution in [3.63, 3.8) is 0 Å². The third-order valence-electron chi connectivity index (χ3n) is 2.77. The van der Waals surface area contributed by atoms with Gasteiger partial charge in [-0.05, 0) is 54.0 Å². The number of amides is 1. The van der Waals surface area contributed by atoms with Gasteiger partial charge in [-0.3, -0.25) is 9.48 Å². The molecule has 0 radical (unpaired) electrons. The Labute approximate surface area is 125 Å². The fourth-order valence-electron chi connectivity index (χ4n) is 1.85. The van der Waals surface area contributed by atoms with Crippen LogP contribution >= 0.6 is 15.9 Å². The highest BCUT2D eigenvalue weighted by Crippen LogP contribution is 2.23. The van der Waals surface area contributed by atoms with E-state index < -0.39 is 0 Å². The fourth-order valence-corrected chi connectivity index (χ4v) is 2.32. The van der Waals surface area contributed by atoms with Crippen LogP contribution in [0.25, 0.3) is 0 Å². The molecule has 0 spiro atoms. The molecule has 0 saturated carbocycles. The summed E-state index contributed by atoms with van der Waals surface area (Å²) in [4.78, 5) is 12.0. The highest BCUT2D eigenvalue weighted by Gasteiger charge is 2.09. The Balaban J connectivity index is 2.09. The van der Waals surface area contributed by atoms with Gasteiger partial charge in [0.2, 0.25) is 5.91 Å². The molecule has 0 saturated heterocycles. The summed E-state index contributed by atoms with van der Waals surface area (Å²) < 4.78 is 2.33. The molecular formula is C14H13BrN4O. The van der Waals surface area contributed by atoms with E-state index >= 15 is 0 Å². The van der Waals surface area contributed by atoms with E-state index in [1.165, 1.54) is 0 Å². The summed E-state index contributed by atoms with van der Waals surface area (Å²) in [5.41, 5.74) is 3.00. The van der Waals surface area contributed by atoms with Gasteiger partial charge in [0, 0.05) is 10.2 Å². The second-order valence-corrected chi connectivity index (χ2v) is 5.29. The highest BCUT2D eigenvalue weighted by atomic mass is 79.9. The van der Waals surface area contributed by atoms with Crippen molar-refractivity contribution in [1.29, 1.82) is 5.26 Å². The van der Waals surface area contributed by atoms with Gasteiger partial charge in [0.25, 0.3) is 0 Å². The molecule has 1 aromatic heterocycles. The molecule has 1 amide bonds. The van der Waals surface area contributed by atoms with Crippen molar-refractivity contribution < 1.29 is 4.79 Å². The molecule has 1 aromatic carbocycles. The van der Waals surface area contributed by atoms with Crippen LogP contribution in [0.1, 0.15) is 17.0 Å². The van der Waals surface area contributed by atoms with Crippen LogP contribution < -0.4 is 5.32 Å². The summed E-state index contributed by atoms with van der Waals surface area (Å²) in [6, 6.07) is 8.98. The van der Waals surface area contributed by atoms with E-state index in [0.717, 1.165) is 11.4 Å². The summed E-state index contributed by atoms with van der Waals surface area (Å²) in [5.74, 6) is -0.165. The number of aryl methyl sites for hydroxylation is 2. The average Bonchev–Trinajstić information content (AvgIpc) is 2.70. The van der Waals surface area contributed by atoms with Gasteiger partial charge < -0.3 is 5.32 Å². The van der Waals surface area contributed by atoms with Gasteiger partial charge >= 0.3 is 0 Å². The monoisotopic (exact) mass is 332 g/mol. The van der Waals surface area contributed by atoms with E-state index in [1.807, 2.05) is 26.0 Å². The van der Waals surface area contributed by atoms with Gasteiger partial charge in [-0.2, -0.15) is 10.4 Å². The maximum atomic E-state index is 12.0. The molecule has 2 aromatic rings. The van der Waals surface area contributed by atoms with Crippen LogP contribution in [0, 0.1) is 25.2 Å². The van der Waals surface area contributed by atoms with Gasteiger partial charge in [0.15, 0.2) is 0 Å². The van der Waals surface area contributed by atoms with Gasteiger partial charge in [0.05, 0.1) is 23.0 Å². The highest BCUT2D eigenvalue weighted by molar-refractivity contribution is 9.10. The number of carbonyl (C=O) groups excluding carboxylic acids is 1. The van der Waals surface area contributed by atoms with Crippen molar-refractivity contribution in [2.45, 2.75) is 20.4 Å². The van der Waals surface area contributed by atoms with Crippen molar-refractivity contribution in [2.24, 2.45) is 0 Å². The maximum absolute atomic E-state index is 12.0. The van der Waals surface area contributed by atoms with Crippen molar-refractivity contribution >= 4 is 27.5 Å². The molecule has 0 atom stereocenters. The zero-order valence-electron chi connectivity index (χ0n) is 11.1. The lowest BCUT2D eigenvalue weighted by molar-refractivity contribution is -0.116. The third-order valence-corrected chi connectivity index (χ3v) is 3.43. The van der Waals surface area contributed by atoms with Gasteiger partial charge in [-0.1, -0.05) is 0 Å². The predicted octanol–water partition coefficient (Wildman–Crippen LogP) is 2.77. The quantitative estimate of drug-likeness (QED) is 0.939. The number of halogens is 1. The zero-order valence-corrected chi connectivity index (χ0v) is 12.7. The molecule has 0 bridgehead atoms. The number of carbonyl (C=O) groups is 1. The summed E-state index contributed by atoms with van der Waals surface area (Å²) in [6.07, 6.45) is 0. The van der Waals surface area contributed by atoms with Gasteiger partial charge in [-0.25, -0.2) is 0 Å². The number of nitriles is 1. The number of nitrogens with zero attached hydrogens (tertiary/aromatic N) is 3. The van der Waals surface area contributed by atoms with E-state index in [0.29, 0.717) is 15.7 Å². The van der Waals surface area contributed by atoms with Crippen molar-refractivity contribution in [1.82, 2.24) is 9.78 Å². The van der Waals surface area contributed by atoms with Crippen LogP contribution in [0.15, 0.2) is 28.7 Å². The van der Waals surface area contributed by atoms with Crippen LogP contribution in [0.3, 0.4) is 0 Å². The maximum Gasteiger partial charge on any atom is 0.246 e. The Hall–Kier alpha value is -2.13. The first-order valence-electron chi connectivity index (χ1n) is 6.00. The number of benzene rings is 1. The first-order valence-corrected chi connectivity index (χ1v) is 6.79. The lowest BCUT2D eigenvalue weighted by Gasteiger charge is -2.08. The summed E-state index contributed by atoms with van der Waals surface area (Å²) in [7, 11) is 0. The molecule has 0 aliphatic rings. The molecule has 1 heterocycles. The first kappa shape index (κ1) is 14.3. The normalized spacial score (nSPS) is 10.1. The number of hydrogen-bond donors (Lipinski definition) is 1. The number of aromatic nitrogens is 2. The summed E-state index contributed by atoms with van der Waals surface area (Å²) in [5, 5.41) is 15.8. The van der Waals surface area contributed by atoms with Crippen molar-refractivity contribution in [3.8, 4) is 6.07 Å². The first-order chi connectivity index (χ1) is 9.49. The van der Waals surface area contributed by atoms with E-state index in [1.54, 1.807) is 22.9 Å².